The fourth-order valence-corrected chi connectivity index (χ4v) is 4.81. The van der Waals surface area contributed by atoms with Gasteiger partial charge in [-0.1, -0.05) is 18.7 Å². The number of pyridine rings is 1. The lowest BCUT2D eigenvalue weighted by atomic mass is 10.0. The SMILES string of the molecule is CCC1CCCCN1C(=O)CSc1nnc(-c2cccnc2)n1-c1ccc(OC)cc1. The van der Waals surface area contributed by atoms with Gasteiger partial charge in [0.25, 0.3) is 0 Å². The Kier molecular flexibility index (Phi) is 6.86. The third-order valence-electron chi connectivity index (χ3n) is 5.63. The minimum absolute atomic E-state index is 0.170. The Morgan fingerprint density at radius 3 is 2.74 bits per heavy atom. The van der Waals surface area contributed by atoms with E-state index < -0.39 is 0 Å². The number of methoxy groups -OCH3 is 1. The monoisotopic (exact) mass is 437 g/mol. The number of thioether (sulfide) groups is 1. The van der Waals surface area contributed by atoms with E-state index in [1.807, 2.05) is 45.9 Å². The largest absolute Gasteiger partial charge is 0.497 e. The van der Waals surface area contributed by atoms with E-state index >= 15 is 0 Å². The van der Waals surface area contributed by atoms with E-state index in [1.165, 1.54) is 18.2 Å². The Balaban J connectivity index is 1.61. The van der Waals surface area contributed by atoms with Gasteiger partial charge in [0.1, 0.15) is 5.75 Å². The fraction of sp³-hybridized carbons (Fsp3) is 0.391. The molecular weight excluding hydrogens is 410 g/mol. The van der Waals surface area contributed by atoms with Crippen molar-refractivity contribution in [1.82, 2.24) is 24.6 Å². The molecular formula is C23H27N5O2S. The molecule has 1 saturated heterocycles. The highest BCUT2D eigenvalue weighted by molar-refractivity contribution is 7.99. The molecule has 0 N–H and O–H groups in total. The van der Waals surface area contributed by atoms with Crippen molar-refractivity contribution in [2.45, 2.75) is 43.8 Å². The Labute approximate surface area is 186 Å². The molecule has 4 rings (SSSR count). The van der Waals surface area contributed by atoms with Gasteiger partial charge in [0, 0.05) is 36.2 Å². The molecule has 7 nitrogen and oxygen atoms in total. The molecule has 0 bridgehead atoms. The smallest absolute Gasteiger partial charge is 0.233 e. The van der Waals surface area contributed by atoms with E-state index in [1.54, 1.807) is 19.5 Å². The molecule has 1 aliphatic heterocycles. The lowest BCUT2D eigenvalue weighted by Crippen LogP contribution is -2.44. The van der Waals surface area contributed by atoms with Crippen molar-refractivity contribution in [3.05, 3.63) is 48.8 Å². The molecule has 0 spiro atoms. The van der Waals surface area contributed by atoms with Crippen LogP contribution >= 0.6 is 11.8 Å². The van der Waals surface area contributed by atoms with Crippen molar-refractivity contribution in [2.75, 3.05) is 19.4 Å². The summed E-state index contributed by atoms with van der Waals surface area (Å²) in [5.41, 5.74) is 1.77. The van der Waals surface area contributed by atoms with Crippen LogP contribution in [0, 0.1) is 0 Å². The van der Waals surface area contributed by atoms with Crippen molar-refractivity contribution < 1.29 is 9.53 Å². The van der Waals surface area contributed by atoms with Crippen LogP contribution in [-0.2, 0) is 4.79 Å². The summed E-state index contributed by atoms with van der Waals surface area (Å²) in [7, 11) is 1.64. The van der Waals surface area contributed by atoms with Crippen molar-refractivity contribution in [3.8, 4) is 22.8 Å². The lowest BCUT2D eigenvalue weighted by molar-refractivity contribution is -0.132. The Bertz CT molecular complexity index is 1010. The van der Waals surface area contributed by atoms with Gasteiger partial charge >= 0.3 is 0 Å². The van der Waals surface area contributed by atoms with Crippen LogP contribution in [-0.4, -0.2) is 56.0 Å². The van der Waals surface area contributed by atoms with Gasteiger partial charge in [-0.05, 0) is 62.1 Å². The van der Waals surface area contributed by atoms with Crippen LogP contribution in [0.25, 0.3) is 17.1 Å². The second-order valence-corrected chi connectivity index (χ2v) is 8.46. The Morgan fingerprint density at radius 1 is 1.19 bits per heavy atom. The number of carbonyl (C=O) groups excluding carboxylic acids is 1. The second-order valence-electron chi connectivity index (χ2n) is 7.51. The summed E-state index contributed by atoms with van der Waals surface area (Å²) in [5.74, 6) is 1.99. The van der Waals surface area contributed by atoms with Crippen molar-refractivity contribution in [3.63, 3.8) is 0 Å². The van der Waals surface area contributed by atoms with Crippen molar-refractivity contribution in [2.24, 2.45) is 0 Å². The first-order valence-corrected chi connectivity index (χ1v) is 11.6. The van der Waals surface area contributed by atoms with Crippen LogP contribution in [0.15, 0.2) is 53.9 Å². The summed E-state index contributed by atoms with van der Waals surface area (Å²) in [4.78, 5) is 19.2. The van der Waals surface area contributed by atoms with Gasteiger partial charge in [0.15, 0.2) is 11.0 Å². The maximum absolute atomic E-state index is 13.0. The first-order valence-electron chi connectivity index (χ1n) is 10.6. The molecule has 1 fully saturated rings. The molecule has 2 aromatic heterocycles. The van der Waals surface area contributed by atoms with E-state index in [4.69, 9.17) is 4.74 Å². The summed E-state index contributed by atoms with van der Waals surface area (Å²) in [5, 5.41) is 9.52. The molecule has 8 heteroatoms. The summed E-state index contributed by atoms with van der Waals surface area (Å²) in [6.07, 6.45) is 7.89. The van der Waals surface area contributed by atoms with Crippen LogP contribution < -0.4 is 4.74 Å². The quantitative estimate of drug-likeness (QED) is 0.515. The molecule has 1 atom stereocenters. The number of hydrogen-bond acceptors (Lipinski definition) is 6. The van der Waals surface area contributed by atoms with Crippen LogP contribution in [0.5, 0.6) is 5.75 Å². The highest BCUT2D eigenvalue weighted by atomic mass is 32.2. The van der Waals surface area contributed by atoms with Crippen LogP contribution in [0.1, 0.15) is 32.6 Å². The number of hydrogen-bond donors (Lipinski definition) is 0. The average Bonchev–Trinajstić information content (AvgIpc) is 3.27. The molecule has 1 aromatic carbocycles. The predicted octanol–water partition coefficient (Wildman–Crippen LogP) is 4.22. The average molecular weight is 438 g/mol. The zero-order chi connectivity index (χ0) is 21.6. The minimum atomic E-state index is 0.170. The number of rotatable bonds is 7. The van der Waals surface area contributed by atoms with Gasteiger partial charge in [-0.3, -0.25) is 14.3 Å². The van der Waals surface area contributed by atoms with Gasteiger partial charge in [-0.15, -0.1) is 10.2 Å². The molecule has 1 aliphatic rings. The van der Waals surface area contributed by atoms with Gasteiger partial charge in [-0.25, -0.2) is 0 Å². The first kappa shape index (κ1) is 21.4. The standard InChI is InChI=1S/C23H27N5O2S/c1-3-18-8-4-5-14-27(18)21(29)16-31-23-26-25-22(17-7-6-13-24-15-17)28(23)19-9-11-20(30-2)12-10-19/h6-7,9-13,15,18H,3-5,8,14,16H2,1-2H3. The van der Waals surface area contributed by atoms with Crippen LogP contribution in [0.2, 0.25) is 0 Å². The zero-order valence-corrected chi connectivity index (χ0v) is 18.7. The fourth-order valence-electron chi connectivity index (χ4n) is 3.97. The maximum Gasteiger partial charge on any atom is 0.233 e. The van der Waals surface area contributed by atoms with Gasteiger partial charge < -0.3 is 9.64 Å². The topological polar surface area (TPSA) is 73.1 Å². The molecule has 3 aromatic rings. The number of nitrogens with zero attached hydrogens (tertiary/aromatic N) is 5. The number of ether oxygens (including phenoxy) is 1. The van der Waals surface area contributed by atoms with Crippen molar-refractivity contribution in [1.29, 1.82) is 0 Å². The highest BCUT2D eigenvalue weighted by Gasteiger charge is 2.26. The third kappa shape index (κ3) is 4.74. The molecule has 1 amide bonds. The van der Waals surface area contributed by atoms with Crippen LogP contribution in [0.3, 0.4) is 0 Å². The first-order chi connectivity index (χ1) is 15.2. The molecule has 3 heterocycles. The molecule has 0 saturated carbocycles. The van der Waals surface area contributed by atoms with E-state index in [0.717, 1.165) is 42.8 Å². The molecule has 0 radical (unpaired) electrons. The zero-order valence-electron chi connectivity index (χ0n) is 17.9. The number of aromatic nitrogens is 4. The lowest BCUT2D eigenvalue weighted by Gasteiger charge is -2.35. The maximum atomic E-state index is 13.0. The second kappa shape index (κ2) is 9.96. The van der Waals surface area contributed by atoms with E-state index in [-0.39, 0.29) is 5.91 Å². The summed E-state index contributed by atoms with van der Waals surface area (Å²) in [6.45, 7) is 3.01. The number of carbonyl (C=O) groups is 1. The van der Waals surface area contributed by atoms with Crippen molar-refractivity contribution >= 4 is 17.7 Å². The number of amides is 1. The number of likely N-dealkylation sites (tertiary alicyclic amines) is 1. The Hall–Kier alpha value is -2.87. The summed E-state index contributed by atoms with van der Waals surface area (Å²) >= 11 is 1.43. The third-order valence-corrected chi connectivity index (χ3v) is 6.54. The minimum Gasteiger partial charge on any atom is -0.497 e. The van der Waals surface area contributed by atoms with Gasteiger partial charge in [-0.2, -0.15) is 0 Å². The molecule has 162 valence electrons. The number of benzene rings is 1. The summed E-state index contributed by atoms with van der Waals surface area (Å²) < 4.78 is 7.27. The van der Waals surface area contributed by atoms with E-state index in [9.17, 15) is 4.79 Å². The molecule has 0 aliphatic carbocycles. The van der Waals surface area contributed by atoms with E-state index in [0.29, 0.717) is 22.8 Å². The van der Waals surface area contributed by atoms with Crippen LogP contribution in [0.4, 0.5) is 0 Å². The molecule has 1 unspecified atom stereocenters. The summed E-state index contributed by atoms with van der Waals surface area (Å²) in [6, 6.07) is 11.9. The van der Waals surface area contributed by atoms with Gasteiger partial charge in [0.2, 0.25) is 5.91 Å². The van der Waals surface area contributed by atoms with Gasteiger partial charge in [0.05, 0.1) is 12.9 Å². The predicted molar refractivity (Wildman–Crippen MR) is 122 cm³/mol. The Morgan fingerprint density at radius 2 is 2.03 bits per heavy atom. The van der Waals surface area contributed by atoms with E-state index in [2.05, 4.69) is 22.1 Å². The normalized spacial score (nSPS) is 16.3. The number of piperidine rings is 1. The highest BCUT2D eigenvalue weighted by Crippen LogP contribution is 2.29. The molecule has 31 heavy (non-hydrogen) atoms.